The maximum absolute atomic E-state index is 12.9. The topological polar surface area (TPSA) is 149 Å². The molecule has 3 rings (SSSR count). The number of hydrogen-bond acceptors (Lipinski definition) is 7. The average Bonchev–Trinajstić information content (AvgIpc) is 3.14. The van der Waals surface area contributed by atoms with Crippen molar-refractivity contribution in [3.05, 3.63) is 52.7 Å². The fourth-order valence-electron chi connectivity index (χ4n) is 2.89. The van der Waals surface area contributed by atoms with Gasteiger partial charge < -0.3 is 11.1 Å². The van der Waals surface area contributed by atoms with Crippen molar-refractivity contribution in [1.29, 1.82) is 0 Å². The molecule has 10 nitrogen and oxygen atoms in total. The molecule has 1 aromatic heterocycles. The van der Waals surface area contributed by atoms with Gasteiger partial charge in [-0.1, -0.05) is 6.07 Å². The second-order valence-corrected chi connectivity index (χ2v) is 7.88. The van der Waals surface area contributed by atoms with Gasteiger partial charge in [-0.05, 0) is 31.0 Å². The number of amides is 1. The van der Waals surface area contributed by atoms with Gasteiger partial charge in [0.2, 0.25) is 15.9 Å². The van der Waals surface area contributed by atoms with E-state index in [0.29, 0.717) is 24.3 Å². The first-order chi connectivity index (χ1) is 12.8. The SMILES string of the molecule is Nc1ccc(NC(=O)C2CCCN2S(=O)(=O)c2cccc([N+](=O)[O-])c2)cn1. The molecule has 1 amide bonds. The largest absolute Gasteiger partial charge is 0.384 e. The molecule has 2 aromatic rings. The number of carbonyl (C=O) groups is 1. The number of nitro groups is 1. The standard InChI is InChI=1S/C16H17N5O5S/c17-15-7-6-11(10-18-15)19-16(22)14-5-2-8-20(14)27(25,26)13-4-1-3-12(9-13)21(23)24/h1,3-4,6-7,9-10,14H,2,5,8H2,(H2,17,18)(H,19,22). The van der Waals surface area contributed by atoms with Crippen molar-refractivity contribution in [2.75, 3.05) is 17.6 Å². The van der Waals surface area contributed by atoms with E-state index in [9.17, 15) is 23.3 Å². The highest BCUT2D eigenvalue weighted by Crippen LogP contribution is 2.28. The molecule has 1 saturated heterocycles. The minimum atomic E-state index is -4.06. The van der Waals surface area contributed by atoms with Crippen LogP contribution in [0.5, 0.6) is 0 Å². The number of non-ortho nitro benzene ring substituents is 1. The molecule has 0 radical (unpaired) electrons. The van der Waals surface area contributed by atoms with E-state index in [1.54, 1.807) is 6.07 Å². The summed E-state index contributed by atoms with van der Waals surface area (Å²) in [7, 11) is -4.06. The van der Waals surface area contributed by atoms with E-state index >= 15 is 0 Å². The van der Waals surface area contributed by atoms with Gasteiger partial charge in [0.25, 0.3) is 5.69 Å². The summed E-state index contributed by atoms with van der Waals surface area (Å²) in [5.74, 6) is -0.197. The Balaban J connectivity index is 1.84. The van der Waals surface area contributed by atoms with Crippen LogP contribution < -0.4 is 11.1 Å². The van der Waals surface area contributed by atoms with E-state index in [-0.39, 0.29) is 17.1 Å². The predicted octanol–water partition coefficient (Wildman–Crippen LogP) is 1.36. The molecule has 1 aromatic carbocycles. The number of benzene rings is 1. The summed E-state index contributed by atoms with van der Waals surface area (Å²) in [6, 6.07) is 6.95. The van der Waals surface area contributed by atoms with Gasteiger partial charge in [-0.25, -0.2) is 13.4 Å². The summed E-state index contributed by atoms with van der Waals surface area (Å²) >= 11 is 0. The van der Waals surface area contributed by atoms with Crippen LogP contribution in [0.2, 0.25) is 0 Å². The third-order valence-electron chi connectivity index (χ3n) is 4.20. The number of nitrogens with one attached hydrogen (secondary N) is 1. The molecule has 3 N–H and O–H groups in total. The van der Waals surface area contributed by atoms with Gasteiger partial charge in [0.15, 0.2) is 0 Å². The van der Waals surface area contributed by atoms with Crippen molar-refractivity contribution in [1.82, 2.24) is 9.29 Å². The minimum absolute atomic E-state index is 0.156. The molecule has 0 aliphatic carbocycles. The third kappa shape index (κ3) is 3.88. The lowest BCUT2D eigenvalue weighted by Crippen LogP contribution is -2.43. The van der Waals surface area contributed by atoms with Gasteiger partial charge >= 0.3 is 0 Å². The van der Waals surface area contributed by atoms with E-state index in [4.69, 9.17) is 5.73 Å². The second-order valence-electron chi connectivity index (χ2n) is 5.99. The summed E-state index contributed by atoms with van der Waals surface area (Å²) in [5, 5.41) is 13.5. The molecule has 142 valence electrons. The molecule has 0 saturated carbocycles. The molecule has 1 atom stereocenters. The summed E-state index contributed by atoms with van der Waals surface area (Å²) in [6.07, 6.45) is 2.23. The van der Waals surface area contributed by atoms with Crippen molar-refractivity contribution in [2.45, 2.75) is 23.8 Å². The lowest BCUT2D eigenvalue weighted by atomic mass is 10.2. The smallest absolute Gasteiger partial charge is 0.270 e. The van der Waals surface area contributed by atoms with E-state index in [1.807, 2.05) is 0 Å². The van der Waals surface area contributed by atoms with Gasteiger partial charge in [-0.15, -0.1) is 0 Å². The van der Waals surface area contributed by atoms with E-state index in [0.717, 1.165) is 10.4 Å². The van der Waals surface area contributed by atoms with Crippen LogP contribution in [0.1, 0.15) is 12.8 Å². The number of carbonyl (C=O) groups excluding carboxylic acids is 1. The number of anilines is 2. The first-order valence-electron chi connectivity index (χ1n) is 8.08. The fraction of sp³-hybridized carbons (Fsp3) is 0.250. The molecule has 0 spiro atoms. The minimum Gasteiger partial charge on any atom is -0.384 e. The zero-order valence-corrected chi connectivity index (χ0v) is 14.9. The second kappa shape index (κ2) is 7.29. The lowest BCUT2D eigenvalue weighted by Gasteiger charge is -2.23. The summed E-state index contributed by atoms with van der Waals surface area (Å²) < 4.78 is 26.9. The highest BCUT2D eigenvalue weighted by Gasteiger charge is 2.39. The van der Waals surface area contributed by atoms with Crippen molar-refractivity contribution >= 4 is 33.1 Å². The van der Waals surface area contributed by atoms with Crippen molar-refractivity contribution in [3.63, 3.8) is 0 Å². The lowest BCUT2D eigenvalue weighted by molar-refractivity contribution is -0.385. The van der Waals surface area contributed by atoms with E-state index in [1.165, 1.54) is 30.5 Å². The Hall–Kier alpha value is -3.05. The molecule has 1 fully saturated rings. The van der Waals surface area contributed by atoms with Crippen LogP contribution in [0, 0.1) is 10.1 Å². The van der Waals surface area contributed by atoms with Crippen LogP contribution in [-0.4, -0.2) is 41.1 Å². The van der Waals surface area contributed by atoms with Gasteiger partial charge in [0.05, 0.1) is 21.7 Å². The highest BCUT2D eigenvalue weighted by atomic mass is 32.2. The number of nitrogen functional groups attached to an aromatic ring is 1. The number of pyridine rings is 1. The average molecular weight is 391 g/mol. The molecule has 1 unspecified atom stereocenters. The van der Waals surface area contributed by atoms with Crippen LogP contribution in [0.4, 0.5) is 17.2 Å². The van der Waals surface area contributed by atoms with Crippen LogP contribution in [-0.2, 0) is 14.8 Å². The number of nitrogens with two attached hydrogens (primary N) is 1. The normalized spacial score (nSPS) is 17.6. The molecule has 2 heterocycles. The summed E-state index contributed by atoms with van der Waals surface area (Å²) in [4.78, 5) is 26.5. The monoisotopic (exact) mass is 391 g/mol. The molecular weight excluding hydrogens is 374 g/mol. The Morgan fingerprint density at radius 3 is 2.78 bits per heavy atom. The number of sulfonamides is 1. The number of aromatic nitrogens is 1. The van der Waals surface area contributed by atoms with Crippen LogP contribution in [0.25, 0.3) is 0 Å². The van der Waals surface area contributed by atoms with E-state index < -0.39 is 26.9 Å². The van der Waals surface area contributed by atoms with Gasteiger partial charge in [-0.2, -0.15) is 4.31 Å². The number of nitrogens with zero attached hydrogens (tertiary/aromatic N) is 3. The summed E-state index contributed by atoms with van der Waals surface area (Å²) in [6.45, 7) is 0.156. The number of hydrogen-bond donors (Lipinski definition) is 2. The maximum atomic E-state index is 12.9. The molecule has 11 heteroatoms. The van der Waals surface area contributed by atoms with E-state index in [2.05, 4.69) is 10.3 Å². The molecule has 1 aliphatic rings. The zero-order chi connectivity index (χ0) is 19.6. The first kappa shape index (κ1) is 18.7. The van der Waals surface area contributed by atoms with Crippen molar-refractivity contribution < 1.29 is 18.1 Å². The van der Waals surface area contributed by atoms with Gasteiger partial charge in [-0.3, -0.25) is 14.9 Å². The van der Waals surface area contributed by atoms with Gasteiger partial charge in [0, 0.05) is 18.7 Å². The Morgan fingerprint density at radius 1 is 1.33 bits per heavy atom. The van der Waals surface area contributed by atoms with Crippen molar-refractivity contribution in [3.8, 4) is 0 Å². The molecule has 0 bridgehead atoms. The van der Waals surface area contributed by atoms with Crippen LogP contribution >= 0.6 is 0 Å². The highest BCUT2D eigenvalue weighted by molar-refractivity contribution is 7.89. The predicted molar refractivity (Wildman–Crippen MR) is 97.3 cm³/mol. The Kier molecular flexibility index (Phi) is 5.06. The fourth-order valence-corrected chi connectivity index (χ4v) is 4.58. The maximum Gasteiger partial charge on any atom is 0.270 e. The third-order valence-corrected chi connectivity index (χ3v) is 6.10. The number of rotatable bonds is 5. The first-order valence-corrected chi connectivity index (χ1v) is 9.52. The Bertz CT molecular complexity index is 977. The van der Waals surface area contributed by atoms with Crippen molar-refractivity contribution in [2.24, 2.45) is 0 Å². The Labute approximate surface area is 155 Å². The van der Waals surface area contributed by atoms with Gasteiger partial charge in [0.1, 0.15) is 11.9 Å². The molecule has 27 heavy (non-hydrogen) atoms. The zero-order valence-electron chi connectivity index (χ0n) is 14.1. The summed E-state index contributed by atoms with van der Waals surface area (Å²) in [5.41, 5.74) is 5.56. The quantitative estimate of drug-likeness (QED) is 0.577. The van der Waals surface area contributed by atoms with Crippen LogP contribution in [0.15, 0.2) is 47.5 Å². The van der Waals surface area contributed by atoms with Crippen LogP contribution in [0.3, 0.4) is 0 Å². The Morgan fingerprint density at radius 2 is 2.11 bits per heavy atom. The molecule has 1 aliphatic heterocycles. The number of nitro benzene ring substituents is 1. The molecular formula is C16H17N5O5S.